The first-order valence-corrected chi connectivity index (χ1v) is 14.1. The SMILES string of the molecule is CNC(=O)Nc1ccc2c(c1)NC(=O)[C@H](C)CCC[C@H](NC(=O)c1nnn(-c3cccc(Cl)c3F)c1C)c1cc-2ccn1. The Hall–Kier alpha value is -4.84. The van der Waals surface area contributed by atoms with Crippen molar-refractivity contribution in [1.29, 1.82) is 0 Å². The van der Waals surface area contributed by atoms with Gasteiger partial charge in [-0.25, -0.2) is 13.9 Å². The maximum absolute atomic E-state index is 14.7. The van der Waals surface area contributed by atoms with E-state index in [9.17, 15) is 18.8 Å². The third-order valence-electron chi connectivity index (χ3n) is 7.36. The van der Waals surface area contributed by atoms with Gasteiger partial charge in [0.2, 0.25) is 5.91 Å². The standard InChI is InChI=1S/C30H30ClFN8O3/c1-16-6-4-8-22(36-29(42)27-17(2)40(39-38-27)25-9-5-7-21(31)26(25)32)24-14-18(12-13-34-24)20-11-10-19(35-30(43)33-3)15-23(20)37-28(16)41/h5,7,9-16,22H,4,6,8H2,1-3H3,(H,36,42)(H,37,41)(H2,33,35,43)/t16-,22+/m1/s1. The number of carbonyl (C=O) groups is 3. The highest BCUT2D eigenvalue weighted by Crippen LogP contribution is 2.34. The maximum atomic E-state index is 14.7. The number of benzene rings is 2. The first kappa shape index (κ1) is 29.6. The number of aromatic nitrogens is 4. The topological polar surface area (TPSA) is 143 Å². The van der Waals surface area contributed by atoms with E-state index >= 15 is 0 Å². The molecule has 2 aromatic carbocycles. The molecule has 11 nitrogen and oxygen atoms in total. The number of nitrogens with zero attached hydrogens (tertiary/aromatic N) is 4. The Kier molecular flexibility index (Phi) is 8.67. The number of fused-ring (bicyclic) bond motifs is 4. The Morgan fingerprint density at radius 1 is 1.14 bits per heavy atom. The van der Waals surface area contributed by atoms with Crippen LogP contribution in [0, 0.1) is 18.7 Å². The largest absolute Gasteiger partial charge is 0.342 e. The predicted octanol–water partition coefficient (Wildman–Crippen LogP) is 5.41. The molecule has 3 heterocycles. The Balaban J connectivity index is 1.48. The average Bonchev–Trinajstić information content (AvgIpc) is 3.38. The molecule has 0 aliphatic carbocycles. The molecule has 1 aliphatic rings. The molecule has 13 heteroatoms. The molecule has 2 atom stereocenters. The molecule has 0 saturated carbocycles. The zero-order valence-electron chi connectivity index (χ0n) is 23.7. The number of urea groups is 1. The van der Waals surface area contributed by atoms with Crippen LogP contribution in [-0.4, -0.2) is 44.9 Å². The van der Waals surface area contributed by atoms with Crippen LogP contribution >= 0.6 is 11.6 Å². The smallest absolute Gasteiger partial charge is 0.318 e. The lowest BCUT2D eigenvalue weighted by molar-refractivity contribution is -0.119. The van der Waals surface area contributed by atoms with Crippen LogP contribution in [-0.2, 0) is 4.79 Å². The Bertz CT molecular complexity index is 1710. The van der Waals surface area contributed by atoms with E-state index in [1.165, 1.54) is 23.9 Å². The number of anilines is 2. The van der Waals surface area contributed by atoms with Crippen LogP contribution in [0.4, 0.5) is 20.6 Å². The lowest BCUT2D eigenvalue weighted by Crippen LogP contribution is -2.30. The van der Waals surface area contributed by atoms with Crippen molar-refractivity contribution in [3.8, 4) is 16.8 Å². The van der Waals surface area contributed by atoms with Crippen molar-refractivity contribution in [3.05, 3.63) is 82.6 Å². The minimum Gasteiger partial charge on any atom is -0.342 e. The van der Waals surface area contributed by atoms with E-state index in [1.807, 2.05) is 19.1 Å². The summed E-state index contributed by atoms with van der Waals surface area (Å²) in [6.07, 6.45) is 3.34. The van der Waals surface area contributed by atoms with Gasteiger partial charge in [0.05, 0.1) is 28.1 Å². The second-order valence-corrected chi connectivity index (χ2v) is 10.7. The fourth-order valence-corrected chi connectivity index (χ4v) is 5.11. The third-order valence-corrected chi connectivity index (χ3v) is 7.66. The molecule has 2 aromatic heterocycles. The van der Waals surface area contributed by atoms with E-state index in [2.05, 4.69) is 36.6 Å². The van der Waals surface area contributed by atoms with Crippen LogP contribution in [0.5, 0.6) is 0 Å². The molecule has 222 valence electrons. The summed E-state index contributed by atoms with van der Waals surface area (Å²) >= 11 is 5.94. The van der Waals surface area contributed by atoms with Crippen molar-refractivity contribution >= 4 is 40.8 Å². The van der Waals surface area contributed by atoms with Crippen molar-refractivity contribution in [3.63, 3.8) is 0 Å². The number of hydrogen-bond donors (Lipinski definition) is 4. The van der Waals surface area contributed by atoms with E-state index in [0.29, 0.717) is 42.0 Å². The molecule has 0 unspecified atom stereocenters. The van der Waals surface area contributed by atoms with Gasteiger partial charge in [-0.1, -0.05) is 42.3 Å². The Morgan fingerprint density at radius 3 is 2.74 bits per heavy atom. The molecule has 4 aromatic rings. The number of rotatable bonds is 4. The van der Waals surface area contributed by atoms with E-state index < -0.39 is 17.8 Å². The van der Waals surface area contributed by atoms with Gasteiger partial charge >= 0.3 is 6.03 Å². The quantitative estimate of drug-likeness (QED) is 0.245. The van der Waals surface area contributed by atoms with Crippen molar-refractivity contribution in [2.45, 2.75) is 39.2 Å². The van der Waals surface area contributed by atoms with Gasteiger partial charge in [-0.05, 0) is 61.7 Å². The number of halogens is 2. The van der Waals surface area contributed by atoms with Gasteiger partial charge in [-0.2, -0.15) is 0 Å². The lowest BCUT2D eigenvalue weighted by Gasteiger charge is -2.22. The van der Waals surface area contributed by atoms with Crippen LogP contribution in [0.15, 0.2) is 54.7 Å². The summed E-state index contributed by atoms with van der Waals surface area (Å²) in [7, 11) is 1.52. The molecule has 0 fully saturated rings. The maximum Gasteiger partial charge on any atom is 0.318 e. The molecule has 0 saturated heterocycles. The van der Waals surface area contributed by atoms with Gasteiger partial charge in [-0.3, -0.25) is 14.6 Å². The highest BCUT2D eigenvalue weighted by Gasteiger charge is 2.25. The third kappa shape index (κ3) is 6.33. The van der Waals surface area contributed by atoms with Crippen molar-refractivity contribution in [1.82, 2.24) is 30.6 Å². The molecule has 43 heavy (non-hydrogen) atoms. The summed E-state index contributed by atoms with van der Waals surface area (Å²) in [6.45, 7) is 3.47. The predicted molar refractivity (Wildman–Crippen MR) is 161 cm³/mol. The molecule has 0 spiro atoms. The van der Waals surface area contributed by atoms with Gasteiger partial charge < -0.3 is 21.3 Å². The number of pyridine rings is 1. The lowest BCUT2D eigenvalue weighted by atomic mass is 9.95. The molecule has 4 amide bonds. The molecular weight excluding hydrogens is 575 g/mol. The van der Waals surface area contributed by atoms with Crippen molar-refractivity contribution in [2.75, 3.05) is 17.7 Å². The summed E-state index contributed by atoms with van der Waals surface area (Å²) in [5.74, 6) is -1.64. The second-order valence-electron chi connectivity index (χ2n) is 10.3. The van der Waals surface area contributed by atoms with Gasteiger partial charge in [0, 0.05) is 30.4 Å². The average molecular weight is 605 g/mol. The zero-order valence-corrected chi connectivity index (χ0v) is 24.5. The Labute approximate surface area is 252 Å². The minimum absolute atomic E-state index is 0.0379. The van der Waals surface area contributed by atoms with E-state index in [-0.39, 0.29) is 34.3 Å². The normalized spacial score (nSPS) is 16.6. The number of carbonyl (C=O) groups excluding carboxylic acids is 3. The summed E-state index contributed by atoms with van der Waals surface area (Å²) < 4.78 is 15.9. The van der Waals surface area contributed by atoms with E-state index in [0.717, 1.165) is 11.1 Å². The summed E-state index contributed by atoms with van der Waals surface area (Å²) in [6, 6.07) is 12.5. The minimum atomic E-state index is -0.667. The van der Waals surface area contributed by atoms with Crippen LogP contribution in [0.2, 0.25) is 5.02 Å². The van der Waals surface area contributed by atoms with Crippen LogP contribution in [0.3, 0.4) is 0 Å². The molecule has 1 aliphatic heterocycles. The van der Waals surface area contributed by atoms with E-state index in [1.54, 1.807) is 37.4 Å². The van der Waals surface area contributed by atoms with Crippen LogP contribution < -0.4 is 21.3 Å². The van der Waals surface area contributed by atoms with Gasteiger partial charge in [-0.15, -0.1) is 5.10 Å². The van der Waals surface area contributed by atoms with Crippen LogP contribution in [0.25, 0.3) is 16.8 Å². The fraction of sp³-hybridized carbons (Fsp3) is 0.267. The summed E-state index contributed by atoms with van der Waals surface area (Å²) in [5.41, 5.74) is 3.61. The van der Waals surface area contributed by atoms with Gasteiger partial charge in [0.15, 0.2) is 11.5 Å². The molecule has 2 bridgehead atoms. The zero-order chi connectivity index (χ0) is 30.7. The summed E-state index contributed by atoms with van der Waals surface area (Å²) in [5, 5.41) is 19.2. The molecule has 4 N–H and O–H groups in total. The second kappa shape index (κ2) is 12.6. The molecule has 0 radical (unpaired) electrons. The first-order valence-electron chi connectivity index (χ1n) is 13.7. The number of amides is 4. The monoisotopic (exact) mass is 604 g/mol. The van der Waals surface area contributed by atoms with Crippen LogP contribution in [0.1, 0.15) is 54.1 Å². The number of nitrogens with one attached hydrogen (secondary N) is 4. The van der Waals surface area contributed by atoms with Gasteiger partial charge in [0.25, 0.3) is 5.91 Å². The Morgan fingerprint density at radius 2 is 1.95 bits per heavy atom. The van der Waals surface area contributed by atoms with Crippen molar-refractivity contribution < 1.29 is 18.8 Å². The highest BCUT2D eigenvalue weighted by molar-refractivity contribution is 6.30. The first-order chi connectivity index (χ1) is 20.7. The van der Waals surface area contributed by atoms with Gasteiger partial charge in [0.1, 0.15) is 5.69 Å². The highest BCUT2D eigenvalue weighted by atomic mass is 35.5. The molecular formula is C30H30ClFN8O3. The molecule has 5 rings (SSSR count). The number of hydrogen-bond acceptors (Lipinski definition) is 6. The fourth-order valence-electron chi connectivity index (χ4n) is 4.94. The summed E-state index contributed by atoms with van der Waals surface area (Å²) in [4.78, 5) is 43.0. The van der Waals surface area contributed by atoms with Crippen molar-refractivity contribution in [2.24, 2.45) is 5.92 Å². The van der Waals surface area contributed by atoms with E-state index in [4.69, 9.17) is 11.6 Å².